The molecular formula is C18H18F2N2O3. The van der Waals surface area contributed by atoms with Crippen molar-refractivity contribution in [1.29, 1.82) is 0 Å². The Hall–Kier alpha value is -2.96. The molecule has 0 aliphatic rings. The van der Waals surface area contributed by atoms with Crippen LogP contribution in [0.25, 0.3) is 6.08 Å². The van der Waals surface area contributed by atoms with Gasteiger partial charge in [0.2, 0.25) is 5.91 Å². The maximum Gasteiger partial charge on any atom is 0.387 e. The smallest absolute Gasteiger partial charge is 0.387 e. The number of benzene rings is 1. The second-order valence-electron chi connectivity index (χ2n) is 5.03. The maximum atomic E-state index is 12.4. The van der Waals surface area contributed by atoms with Gasteiger partial charge < -0.3 is 14.8 Å². The van der Waals surface area contributed by atoms with E-state index in [4.69, 9.17) is 4.74 Å². The first-order valence-electron chi connectivity index (χ1n) is 7.61. The summed E-state index contributed by atoms with van der Waals surface area (Å²) in [5.41, 5.74) is 2.12. The highest BCUT2D eigenvalue weighted by Crippen LogP contribution is 2.30. The minimum absolute atomic E-state index is 0.0514. The van der Waals surface area contributed by atoms with E-state index in [1.54, 1.807) is 37.5 Å². The van der Waals surface area contributed by atoms with E-state index >= 15 is 0 Å². The SMILES string of the molecule is CCOc1cc(/C=C/C(=O)Nc2cnccc2C)ccc1OC(F)F. The molecule has 5 nitrogen and oxygen atoms in total. The van der Waals surface area contributed by atoms with Gasteiger partial charge in [0.1, 0.15) is 0 Å². The summed E-state index contributed by atoms with van der Waals surface area (Å²) in [4.78, 5) is 15.9. The van der Waals surface area contributed by atoms with Crippen molar-refractivity contribution in [3.63, 3.8) is 0 Å². The number of pyridine rings is 1. The first kappa shape index (κ1) is 18.4. The van der Waals surface area contributed by atoms with Crippen LogP contribution >= 0.6 is 0 Å². The summed E-state index contributed by atoms with van der Waals surface area (Å²) in [6.07, 6.45) is 6.09. The van der Waals surface area contributed by atoms with Gasteiger partial charge in [0.25, 0.3) is 0 Å². The summed E-state index contributed by atoms with van der Waals surface area (Å²) in [5, 5.41) is 2.71. The Morgan fingerprint density at radius 1 is 1.32 bits per heavy atom. The van der Waals surface area contributed by atoms with Crippen LogP contribution < -0.4 is 14.8 Å². The zero-order valence-electron chi connectivity index (χ0n) is 13.8. The minimum Gasteiger partial charge on any atom is -0.490 e. The van der Waals surface area contributed by atoms with Gasteiger partial charge in [0.15, 0.2) is 11.5 Å². The first-order chi connectivity index (χ1) is 12.0. The molecule has 2 rings (SSSR count). The number of ether oxygens (including phenoxy) is 2. The lowest BCUT2D eigenvalue weighted by molar-refractivity contribution is -0.111. The molecule has 0 radical (unpaired) electrons. The van der Waals surface area contributed by atoms with Crippen molar-refractivity contribution in [2.24, 2.45) is 0 Å². The van der Waals surface area contributed by atoms with E-state index in [1.165, 1.54) is 18.2 Å². The van der Waals surface area contributed by atoms with Crippen LogP contribution in [-0.2, 0) is 4.79 Å². The zero-order chi connectivity index (χ0) is 18.2. The molecule has 0 spiro atoms. The Bertz CT molecular complexity index is 764. The topological polar surface area (TPSA) is 60.5 Å². The largest absolute Gasteiger partial charge is 0.490 e. The third-order valence-corrected chi connectivity index (χ3v) is 3.21. The fourth-order valence-corrected chi connectivity index (χ4v) is 2.03. The molecule has 0 bridgehead atoms. The average Bonchev–Trinajstić information content (AvgIpc) is 2.57. The number of amides is 1. The first-order valence-corrected chi connectivity index (χ1v) is 7.61. The number of nitrogens with one attached hydrogen (secondary N) is 1. The van der Waals surface area contributed by atoms with E-state index in [1.807, 2.05) is 6.92 Å². The highest BCUT2D eigenvalue weighted by molar-refractivity contribution is 6.02. The number of nitrogens with zero attached hydrogens (tertiary/aromatic N) is 1. The highest BCUT2D eigenvalue weighted by atomic mass is 19.3. The molecule has 25 heavy (non-hydrogen) atoms. The van der Waals surface area contributed by atoms with Gasteiger partial charge in [0.05, 0.1) is 18.5 Å². The lowest BCUT2D eigenvalue weighted by Gasteiger charge is -2.11. The molecule has 0 fully saturated rings. The predicted octanol–water partition coefficient (Wildman–Crippen LogP) is 4.04. The number of alkyl halides is 2. The number of aromatic nitrogens is 1. The lowest BCUT2D eigenvalue weighted by atomic mass is 10.2. The monoisotopic (exact) mass is 348 g/mol. The van der Waals surface area contributed by atoms with Gasteiger partial charge in [-0.15, -0.1) is 0 Å². The van der Waals surface area contributed by atoms with Crippen molar-refractivity contribution in [3.05, 3.63) is 53.9 Å². The molecule has 1 N–H and O–H groups in total. The van der Waals surface area contributed by atoms with Gasteiger partial charge >= 0.3 is 6.61 Å². The summed E-state index contributed by atoms with van der Waals surface area (Å²) < 4.78 is 34.5. The van der Waals surface area contributed by atoms with Crippen LogP contribution in [0.4, 0.5) is 14.5 Å². The molecule has 0 atom stereocenters. The molecule has 2 aromatic rings. The molecule has 7 heteroatoms. The maximum absolute atomic E-state index is 12.4. The van der Waals surface area contributed by atoms with Crippen molar-refractivity contribution in [1.82, 2.24) is 4.98 Å². The highest BCUT2D eigenvalue weighted by Gasteiger charge is 2.11. The zero-order valence-corrected chi connectivity index (χ0v) is 13.8. The summed E-state index contributed by atoms with van der Waals surface area (Å²) >= 11 is 0. The van der Waals surface area contributed by atoms with Crippen molar-refractivity contribution in [2.75, 3.05) is 11.9 Å². The summed E-state index contributed by atoms with van der Waals surface area (Å²) in [5.74, 6) is -0.195. The molecule has 1 aromatic heterocycles. The molecule has 0 aliphatic heterocycles. The molecule has 0 aliphatic carbocycles. The number of halogens is 2. The Labute approximate surface area is 144 Å². The molecule has 1 heterocycles. The molecule has 0 saturated heterocycles. The number of carbonyl (C=O) groups excluding carboxylic acids is 1. The third kappa shape index (κ3) is 5.56. The molecule has 132 valence electrons. The second-order valence-corrected chi connectivity index (χ2v) is 5.03. The van der Waals surface area contributed by atoms with Crippen LogP contribution in [0.3, 0.4) is 0 Å². The molecule has 0 unspecified atom stereocenters. The molecule has 1 amide bonds. The number of anilines is 1. The minimum atomic E-state index is -2.94. The van der Waals surface area contributed by atoms with Crippen molar-refractivity contribution >= 4 is 17.7 Å². The summed E-state index contributed by atoms with van der Waals surface area (Å²) in [7, 11) is 0. The van der Waals surface area contributed by atoms with E-state index in [0.717, 1.165) is 5.56 Å². The predicted molar refractivity (Wildman–Crippen MR) is 90.9 cm³/mol. The fourth-order valence-electron chi connectivity index (χ4n) is 2.03. The van der Waals surface area contributed by atoms with Gasteiger partial charge in [-0.3, -0.25) is 9.78 Å². The second kappa shape index (κ2) is 8.77. The normalized spacial score (nSPS) is 10.9. The van der Waals surface area contributed by atoms with Crippen LogP contribution in [0, 0.1) is 6.92 Å². The van der Waals surface area contributed by atoms with Crippen LogP contribution in [0.1, 0.15) is 18.1 Å². The molecular weight excluding hydrogens is 330 g/mol. The van der Waals surface area contributed by atoms with Crippen LogP contribution in [0.5, 0.6) is 11.5 Å². The van der Waals surface area contributed by atoms with Crippen LogP contribution in [0.2, 0.25) is 0 Å². The number of hydrogen-bond acceptors (Lipinski definition) is 4. The van der Waals surface area contributed by atoms with Crippen molar-refractivity contribution in [2.45, 2.75) is 20.5 Å². The molecule has 0 saturated carbocycles. The average molecular weight is 348 g/mol. The lowest BCUT2D eigenvalue weighted by Crippen LogP contribution is -2.09. The van der Waals surface area contributed by atoms with Gasteiger partial charge in [-0.2, -0.15) is 8.78 Å². The third-order valence-electron chi connectivity index (χ3n) is 3.21. The van der Waals surface area contributed by atoms with E-state index in [2.05, 4.69) is 15.0 Å². The summed E-state index contributed by atoms with van der Waals surface area (Å²) in [6, 6.07) is 6.25. The van der Waals surface area contributed by atoms with E-state index in [-0.39, 0.29) is 17.4 Å². The fraction of sp³-hybridized carbons (Fsp3) is 0.222. The van der Waals surface area contributed by atoms with Crippen LogP contribution in [-0.4, -0.2) is 24.1 Å². The Morgan fingerprint density at radius 2 is 2.12 bits per heavy atom. The Morgan fingerprint density at radius 3 is 2.80 bits per heavy atom. The van der Waals surface area contributed by atoms with E-state index in [0.29, 0.717) is 17.9 Å². The van der Waals surface area contributed by atoms with Crippen molar-refractivity contribution < 1.29 is 23.0 Å². The Kier molecular flexibility index (Phi) is 6.45. The van der Waals surface area contributed by atoms with Gasteiger partial charge in [-0.05, 0) is 49.2 Å². The number of hydrogen-bond donors (Lipinski definition) is 1. The van der Waals surface area contributed by atoms with Crippen molar-refractivity contribution in [3.8, 4) is 11.5 Å². The van der Waals surface area contributed by atoms with Crippen LogP contribution in [0.15, 0.2) is 42.7 Å². The number of aryl methyl sites for hydroxylation is 1. The summed E-state index contributed by atoms with van der Waals surface area (Å²) in [6.45, 7) is 0.956. The number of rotatable bonds is 7. The van der Waals surface area contributed by atoms with Gasteiger partial charge in [0, 0.05) is 12.3 Å². The van der Waals surface area contributed by atoms with E-state index < -0.39 is 6.61 Å². The molecule has 1 aromatic carbocycles. The van der Waals surface area contributed by atoms with Gasteiger partial charge in [-0.25, -0.2) is 0 Å². The quantitative estimate of drug-likeness (QED) is 0.767. The standard InChI is InChI=1S/C18H18F2N2O3/c1-3-24-16-10-13(4-6-15(16)25-18(19)20)5-7-17(23)22-14-11-21-9-8-12(14)2/h4-11,18H,3H2,1-2H3,(H,22,23)/b7-5+. The van der Waals surface area contributed by atoms with Gasteiger partial charge in [-0.1, -0.05) is 6.07 Å². The Balaban J connectivity index is 2.10. The number of carbonyl (C=O) groups is 1. The van der Waals surface area contributed by atoms with E-state index in [9.17, 15) is 13.6 Å².